The predicted molar refractivity (Wildman–Crippen MR) is 93.9 cm³/mol. The monoisotopic (exact) mass is 327 g/mol. The average molecular weight is 327 g/mol. The lowest BCUT2D eigenvalue weighted by molar-refractivity contribution is 0.311. The Bertz CT molecular complexity index is 742. The lowest BCUT2D eigenvalue weighted by Crippen LogP contribution is -1.98. The molecule has 0 aliphatic carbocycles. The highest BCUT2D eigenvalue weighted by atomic mass is 16.5. The molecule has 0 amide bonds. The quantitative estimate of drug-likeness (QED) is 0.786. The summed E-state index contributed by atoms with van der Waals surface area (Å²) < 4.78 is 21.5. The van der Waals surface area contributed by atoms with Crippen molar-refractivity contribution in [2.24, 2.45) is 0 Å². The molecule has 0 fully saturated rings. The maximum Gasteiger partial charge on any atom is 0.161 e. The lowest BCUT2D eigenvalue weighted by Gasteiger charge is -2.13. The normalized spacial score (nSPS) is 9.83. The molecule has 2 aromatic carbocycles. The van der Waals surface area contributed by atoms with E-state index in [9.17, 15) is 0 Å². The summed E-state index contributed by atoms with van der Waals surface area (Å²) in [5, 5.41) is 7.72. The van der Waals surface area contributed by atoms with E-state index in [1.54, 1.807) is 27.4 Å². The van der Waals surface area contributed by atoms with Crippen LogP contribution in [-0.2, 0) is 0 Å². The van der Waals surface area contributed by atoms with E-state index in [1.165, 1.54) is 0 Å². The van der Waals surface area contributed by atoms with Crippen molar-refractivity contribution in [3.8, 4) is 23.0 Å². The third kappa shape index (κ3) is 3.70. The molecular formula is C19H21NO4. The first-order valence-electron chi connectivity index (χ1n) is 7.51. The van der Waals surface area contributed by atoms with Crippen LogP contribution in [0, 0.1) is 5.41 Å². The van der Waals surface area contributed by atoms with Crippen molar-refractivity contribution < 1.29 is 18.9 Å². The fourth-order valence-corrected chi connectivity index (χ4v) is 2.36. The highest BCUT2D eigenvalue weighted by molar-refractivity contribution is 5.98. The van der Waals surface area contributed by atoms with Crippen LogP contribution in [0.5, 0.6) is 23.0 Å². The van der Waals surface area contributed by atoms with Gasteiger partial charge < -0.3 is 18.9 Å². The van der Waals surface area contributed by atoms with Gasteiger partial charge in [0.1, 0.15) is 11.5 Å². The molecule has 0 atom stereocenters. The van der Waals surface area contributed by atoms with Crippen molar-refractivity contribution in [2.75, 3.05) is 27.9 Å². The summed E-state index contributed by atoms with van der Waals surface area (Å²) in [6.07, 6.45) is 0. The Morgan fingerprint density at radius 1 is 0.875 bits per heavy atom. The number of hydrogen-bond acceptors (Lipinski definition) is 5. The Balaban J connectivity index is 2.53. The number of ether oxygens (including phenoxy) is 4. The summed E-state index contributed by atoms with van der Waals surface area (Å²) in [7, 11) is 4.78. The molecule has 0 aliphatic heterocycles. The second kappa shape index (κ2) is 8.09. The molecule has 0 radical (unpaired) electrons. The second-order valence-corrected chi connectivity index (χ2v) is 4.90. The minimum absolute atomic E-state index is 0.524. The van der Waals surface area contributed by atoms with Gasteiger partial charge in [0.15, 0.2) is 11.5 Å². The predicted octanol–water partition coefficient (Wildman–Crippen LogP) is 3.79. The van der Waals surface area contributed by atoms with E-state index in [1.807, 2.05) is 37.3 Å². The summed E-state index contributed by atoms with van der Waals surface area (Å²) in [6.45, 7) is 2.43. The molecule has 0 heterocycles. The first kappa shape index (κ1) is 17.4. The van der Waals surface area contributed by atoms with Gasteiger partial charge in [-0.15, -0.1) is 0 Å². The van der Waals surface area contributed by atoms with E-state index in [0.29, 0.717) is 35.2 Å². The van der Waals surface area contributed by atoms with Crippen LogP contribution in [0.1, 0.15) is 18.1 Å². The Hall–Kier alpha value is -2.91. The third-order valence-corrected chi connectivity index (χ3v) is 3.52. The summed E-state index contributed by atoms with van der Waals surface area (Å²) >= 11 is 0. The van der Waals surface area contributed by atoms with Gasteiger partial charge in [0.25, 0.3) is 0 Å². The molecule has 126 valence electrons. The van der Waals surface area contributed by atoms with Crippen molar-refractivity contribution in [3.05, 3.63) is 47.5 Å². The van der Waals surface area contributed by atoms with E-state index in [-0.39, 0.29) is 0 Å². The molecule has 0 saturated carbocycles. The first-order valence-corrected chi connectivity index (χ1v) is 7.51. The van der Waals surface area contributed by atoms with Gasteiger partial charge in [-0.05, 0) is 54.3 Å². The standard InChI is InChI=1S/C19H21NO4/c1-5-24-19-10-13(6-7-18(19)23-4)17(12-20)14-8-15(21-2)11-16(9-14)22-3/h6-11,20H,5H2,1-4H3. The van der Waals surface area contributed by atoms with Crippen molar-refractivity contribution in [1.29, 1.82) is 5.41 Å². The summed E-state index contributed by atoms with van der Waals surface area (Å²) in [6, 6.07) is 11.0. The fourth-order valence-electron chi connectivity index (χ4n) is 2.36. The molecule has 0 unspecified atom stereocenters. The van der Waals surface area contributed by atoms with Gasteiger partial charge in [0, 0.05) is 6.07 Å². The molecule has 5 heteroatoms. The van der Waals surface area contributed by atoms with E-state index < -0.39 is 0 Å². The number of nitrogens with one attached hydrogen (secondary N) is 1. The Morgan fingerprint density at radius 3 is 2.04 bits per heavy atom. The highest BCUT2D eigenvalue weighted by Gasteiger charge is 2.13. The Morgan fingerprint density at radius 2 is 1.54 bits per heavy atom. The van der Waals surface area contributed by atoms with Gasteiger partial charge >= 0.3 is 0 Å². The van der Waals surface area contributed by atoms with Gasteiger partial charge in [-0.3, -0.25) is 5.41 Å². The van der Waals surface area contributed by atoms with Gasteiger partial charge in [0.2, 0.25) is 0 Å². The summed E-state index contributed by atoms with van der Waals surface area (Å²) in [5.41, 5.74) is 2.18. The van der Waals surface area contributed by atoms with E-state index >= 15 is 0 Å². The van der Waals surface area contributed by atoms with Crippen molar-refractivity contribution >= 4 is 11.4 Å². The van der Waals surface area contributed by atoms with Crippen LogP contribution in [0.3, 0.4) is 0 Å². The molecule has 5 nitrogen and oxygen atoms in total. The molecule has 2 rings (SSSR count). The SMILES string of the molecule is CCOc1cc(C(=C=N)c2cc(OC)cc(OC)c2)ccc1OC. The molecule has 0 aliphatic rings. The van der Waals surface area contributed by atoms with Crippen molar-refractivity contribution in [2.45, 2.75) is 6.92 Å². The maximum absolute atomic E-state index is 7.72. The van der Waals surface area contributed by atoms with Crippen LogP contribution in [0.4, 0.5) is 0 Å². The summed E-state index contributed by atoms with van der Waals surface area (Å²) in [5.74, 6) is 5.07. The van der Waals surface area contributed by atoms with Gasteiger partial charge in [-0.2, -0.15) is 0 Å². The molecular weight excluding hydrogens is 306 g/mol. The average Bonchev–Trinajstić information content (AvgIpc) is 2.62. The third-order valence-electron chi connectivity index (χ3n) is 3.52. The van der Waals surface area contributed by atoms with Crippen LogP contribution in [-0.4, -0.2) is 33.8 Å². The number of hydrogen-bond donors (Lipinski definition) is 1. The minimum Gasteiger partial charge on any atom is -0.497 e. The lowest BCUT2D eigenvalue weighted by atomic mass is 9.98. The van der Waals surface area contributed by atoms with Gasteiger partial charge in [0.05, 0.1) is 33.5 Å². The van der Waals surface area contributed by atoms with Crippen LogP contribution in [0.15, 0.2) is 36.4 Å². The van der Waals surface area contributed by atoms with Crippen molar-refractivity contribution in [3.63, 3.8) is 0 Å². The molecule has 0 aromatic heterocycles. The molecule has 0 bridgehead atoms. The van der Waals surface area contributed by atoms with Crippen LogP contribution >= 0.6 is 0 Å². The molecule has 0 saturated heterocycles. The zero-order valence-corrected chi connectivity index (χ0v) is 14.3. The first-order chi connectivity index (χ1) is 11.7. The van der Waals surface area contributed by atoms with Crippen LogP contribution in [0.25, 0.3) is 5.57 Å². The maximum atomic E-state index is 7.72. The smallest absolute Gasteiger partial charge is 0.161 e. The molecule has 24 heavy (non-hydrogen) atoms. The minimum atomic E-state index is 0.524. The number of methoxy groups -OCH3 is 3. The Kier molecular flexibility index (Phi) is 5.88. The van der Waals surface area contributed by atoms with Gasteiger partial charge in [-0.1, -0.05) is 0 Å². The van der Waals surface area contributed by atoms with E-state index in [0.717, 1.165) is 11.1 Å². The zero-order chi connectivity index (χ0) is 17.5. The highest BCUT2D eigenvalue weighted by Crippen LogP contribution is 2.34. The summed E-state index contributed by atoms with van der Waals surface area (Å²) in [4.78, 5) is 0. The van der Waals surface area contributed by atoms with E-state index in [2.05, 4.69) is 5.87 Å². The molecule has 2 aromatic rings. The number of rotatable bonds is 7. The van der Waals surface area contributed by atoms with Crippen LogP contribution in [0.2, 0.25) is 0 Å². The Labute approximate surface area is 141 Å². The largest absolute Gasteiger partial charge is 0.497 e. The zero-order valence-electron chi connectivity index (χ0n) is 14.3. The topological polar surface area (TPSA) is 60.8 Å². The fraction of sp³-hybridized carbons (Fsp3) is 0.263. The molecule has 1 N–H and O–H groups in total. The van der Waals surface area contributed by atoms with Gasteiger partial charge in [-0.25, -0.2) is 0 Å². The second-order valence-electron chi connectivity index (χ2n) is 4.90. The van der Waals surface area contributed by atoms with Crippen molar-refractivity contribution in [1.82, 2.24) is 0 Å². The van der Waals surface area contributed by atoms with Crippen LogP contribution < -0.4 is 18.9 Å². The molecule has 0 spiro atoms. The number of benzene rings is 2. The van der Waals surface area contributed by atoms with E-state index in [4.69, 9.17) is 24.4 Å².